The molecule has 0 aromatic heterocycles. The zero-order chi connectivity index (χ0) is 17.3. The standard InChI is InChI=1S/C20H29NO3/c1-13-7-15-8-14(2)11-20(10-13,12-15)19(22)21-16-5-6-17(23-3)18(9-16)24-4/h5-6,9,13-15H,7-8,10-12H2,1-4H3,(H,21,22). The van der Waals surface area contributed by atoms with Crippen LogP contribution in [0.25, 0.3) is 0 Å². The van der Waals surface area contributed by atoms with Crippen molar-refractivity contribution in [3.63, 3.8) is 0 Å². The first-order chi connectivity index (χ1) is 11.5. The number of fused-ring (bicyclic) bond motifs is 2. The van der Waals surface area contributed by atoms with Crippen LogP contribution in [0.15, 0.2) is 18.2 Å². The summed E-state index contributed by atoms with van der Waals surface area (Å²) in [5.74, 6) is 3.46. The molecular weight excluding hydrogens is 302 g/mol. The number of methoxy groups -OCH3 is 2. The van der Waals surface area contributed by atoms with Gasteiger partial charge >= 0.3 is 0 Å². The van der Waals surface area contributed by atoms with Gasteiger partial charge in [-0.1, -0.05) is 13.8 Å². The quantitative estimate of drug-likeness (QED) is 0.884. The lowest BCUT2D eigenvalue weighted by molar-refractivity contribution is -0.133. The molecule has 0 radical (unpaired) electrons. The molecule has 1 aromatic carbocycles. The number of amides is 1. The number of ether oxygens (including phenoxy) is 2. The zero-order valence-corrected chi connectivity index (χ0v) is 15.2. The van der Waals surface area contributed by atoms with E-state index in [-0.39, 0.29) is 11.3 Å². The molecule has 0 spiro atoms. The van der Waals surface area contributed by atoms with E-state index in [1.807, 2.05) is 18.2 Å². The molecule has 4 nitrogen and oxygen atoms in total. The number of anilines is 1. The van der Waals surface area contributed by atoms with Crippen LogP contribution in [0.4, 0.5) is 5.69 Å². The van der Waals surface area contributed by atoms with Crippen molar-refractivity contribution in [1.29, 1.82) is 0 Å². The number of carbonyl (C=O) groups is 1. The summed E-state index contributed by atoms with van der Waals surface area (Å²) in [6.45, 7) is 4.58. The van der Waals surface area contributed by atoms with Crippen LogP contribution < -0.4 is 14.8 Å². The maximum Gasteiger partial charge on any atom is 0.230 e. The lowest BCUT2D eigenvalue weighted by Crippen LogP contribution is -2.47. The molecule has 0 heterocycles. The first-order valence-corrected chi connectivity index (χ1v) is 8.99. The third kappa shape index (κ3) is 3.24. The Bertz CT molecular complexity index is 593. The van der Waals surface area contributed by atoms with Gasteiger partial charge in [-0.2, -0.15) is 0 Å². The molecule has 2 saturated carbocycles. The van der Waals surface area contributed by atoms with E-state index in [1.165, 1.54) is 12.8 Å². The Balaban J connectivity index is 1.80. The van der Waals surface area contributed by atoms with Gasteiger partial charge < -0.3 is 14.8 Å². The first-order valence-electron chi connectivity index (χ1n) is 8.99. The largest absolute Gasteiger partial charge is 0.493 e. The van der Waals surface area contributed by atoms with E-state index in [0.717, 1.165) is 24.9 Å². The van der Waals surface area contributed by atoms with Gasteiger partial charge in [-0.15, -0.1) is 0 Å². The molecule has 1 N–H and O–H groups in total. The monoisotopic (exact) mass is 331 g/mol. The molecule has 0 aliphatic heterocycles. The fraction of sp³-hybridized carbons (Fsp3) is 0.650. The third-order valence-corrected chi connectivity index (χ3v) is 5.75. The number of carbonyl (C=O) groups excluding carboxylic acids is 1. The van der Waals surface area contributed by atoms with E-state index in [9.17, 15) is 4.79 Å². The summed E-state index contributed by atoms with van der Waals surface area (Å²) in [6.07, 6.45) is 5.60. The van der Waals surface area contributed by atoms with E-state index in [2.05, 4.69) is 19.2 Å². The van der Waals surface area contributed by atoms with Gasteiger partial charge in [0.1, 0.15) is 0 Å². The number of hydrogen-bond acceptors (Lipinski definition) is 3. The van der Waals surface area contributed by atoms with Crippen LogP contribution in [-0.4, -0.2) is 20.1 Å². The number of benzene rings is 1. The van der Waals surface area contributed by atoms with Crippen molar-refractivity contribution in [2.75, 3.05) is 19.5 Å². The number of hydrogen-bond donors (Lipinski definition) is 1. The average Bonchev–Trinajstić information content (AvgIpc) is 2.53. The molecular formula is C20H29NO3. The fourth-order valence-corrected chi connectivity index (χ4v) is 5.16. The van der Waals surface area contributed by atoms with E-state index in [4.69, 9.17) is 9.47 Å². The Labute approximate surface area is 144 Å². The normalized spacial score (nSPS) is 32.1. The van der Waals surface area contributed by atoms with Crippen molar-refractivity contribution in [3.05, 3.63) is 18.2 Å². The lowest BCUT2D eigenvalue weighted by atomic mass is 9.56. The third-order valence-electron chi connectivity index (χ3n) is 5.75. The molecule has 1 aromatic rings. The van der Waals surface area contributed by atoms with Gasteiger partial charge in [0, 0.05) is 11.8 Å². The summed E-state index contributed by atoms with van der Waals surface area (Å²) in [6, 6.07) is 5.55. The predicted octanol–water partition coefficient (Wildman–Crippen LogP) is 4.49. The Morgan fingerprint density at radius 3 is 2.25 bits per heavy atom. The van der Waals surface area contributed by atoms with Crippen LogP contribution in [0.3, 0.4) is 0 Å². The van der Waals surface area contributed by atoms with Crippen LogP contribution in [-0.2, 0) is 4.79 Å². The Morgan fingerprint density at radius 2 is 1.67 bits per heavy atom. The summed E-state index contributed by atoms with van der Waals surface area (Å²) in [5.41, 5.74) is 0.577. The van der Waals surface area contributed by atoms with Crippen LogP contribution in [0.2, 0.25) is 0 Å². The number of nitrogens with one attached hydrogen (secondary N) is 1. The highest BCUT2D eigenvalue weighted by Gasteiger charge is 2.48. The summed E-state index contributed by atoms with van der Waals surface area (Å²) >= 11 is 0. The van der Waals surface area contributed by atoms with Crippen molar-refractivity contribution in [2.45, 2.75) is 46.0 Å². The molecule has 3 rings (SSSR count). The van der Waals surface area contributed by atoms with Gasteiger partial charge in [-0.05, 0) is 62.0 Å². The van der Waals surface area contributed by atoms with E-state index < -0.39 is 0 Å². The van der Waals surface area contributed by atoms with Gasteiger partial charge in [0.05, 0.1) is 19.6 Å². The average molecular weight is 331 g/mol. The summed E-state index contributed by atoms with van der Waals surface area (Å²) in [7, 11) is 3.22. The molecule has 24 heavy (non-hydrogen) atoms. The molecule has 2 aliphatic rings. The maximum absolute atomic E-state index is 13.2. The second kappa shape index (κ2) is 6.66. The van der Waals surface area contributed by atoms with Crippen molar-refractivity contribution in [3.8, 4) is 11.5 Å². The topological polar surface area (TPSA) is 47.6 Å². The van der Waals surface area contributed by atoms with Crippen molar-refractivity contribution >= 4 is 11.6 Å². The molecule has 2 bridgehead atoms. The van der Waals surface area contributed by atoms with Crippen LogP contribution in [0.1, 0.15) is 46.0 Å². The smallest absolute Gasteiger partial charge is 0.230 e. The zero-order valence-electron chi connectivity index (χ0n) is 15.2. The predicted molar refractivity (Wildman–Crippen MR) is 95.5 cm³/mol. The molecule has 132 valence electrons. The van der Waals surface area contributed by atoms with Crippen LogP contribution >= 0.6 is 0 Å². The number of rotatable bonds is 4. The molecule has 2 aliphatic carbocycles. The molecule has 2 fully saturated rings. The molecule has 2 unspecified atom stereocenters. The fourth-order valence-electron chi connectivity index (χ4n) is 5.16. The maximum atomic E-state index is 13.2. The highest BCUT2D eigenvalue weighted by Crippen LogP contribution is 2.53. The summed E-state index contributed by atoms with van der Waals surface area (Å²) in [5, 5.41) is 3.15. The van der Waals surface area contributed by atoms with E-state index in [0.29, 0.717) is 29.3 Å². The first kappa shape index (κ1) is 17.1. The van der Waals surface area contributed by atoms with Gasteiger partial charge in [-0.3, -0.25) is 4.79 Å². The highest BCUT2D eigenvalue weighted by molar-refractivity contribution is 5.95. The van der Waals surface area contributed by atoms with Gasteiger partial charge in [0.25, 0.3) is 0 Å². The molecule has 4 heteroatoms. The summed E-state index contributed by atoms with van der Waals surface area (Å²) < 4.78 is 10.6. The second-order valence-electron chi connectivity index (χ2n) is 7.96. The van der Waals surface area contributed by atoms with Crippen molar-refractivity contribution < 1.29 is 14.3 Å². The van der Waals surface area contributed by atoms with Crippen LogP contribution in [0.5, 0.6) is 11.5 Å². The minimum atomic E-state index is -0.201. The Hall–Kier alpha value is -1.71. The molecule has 2 atom stereocenters. The second-order valence-corrected chi connectivity index (χ2v) is 7.96. The van der Waals surface area contributed by atoms with Gasteiger partial charge in [0.2, 0.25) is 5.91 Å². The lowest BCUT2D eigenvalue weighted by Gasteiger charge is -2.48. The van der Waals surface area contributed by atoms with Crippen LogP contribution in [0, 0.1) is 23.2 Å². The van der Waals surface area contributed by atoms with Crippen molar-refractivity contribution in [2.24, 2.45) is 23.2 Å². The van der Waals surface area contributed by atoms with Crippen molar-refractivity contribution in [1.82, 2.24) is 0 Å². The SMILES string of the molecule is COc1ccc(NC(=O)C23CC(C)CC(CC(C)C2)C3)cc1OC. The van der Waals surface area contributed by atoms with E-state index in [1.54, 1.807) is 14.2 Å². The van der Waals surface area contributed by atoms with E-state index >= 15 is 0 Å². The summed E-state index contributed by atoms with van der Waals surface area (Å²) in [4.78, 5) is 13.2. The Morgan fingerprint density at radius 1 is 1.04 bits per heavy atom. The molecule has 0 saturated heterocycles. The minimum absolute atomic E-state index is 0.179. The highest BCUT2D eigenvalue weighted by atomic mass is 16.5. The van der Waals surface area contributed by atoms with Gasteiger partial charge in [-0.25, -0.2) is 0 Å². The van der Waals surface area contributed by atoms with Gasteiger partial charge in [0.15, 0.2) is 11.5 Å². The molecule has 1 amide bonds. The Kier molecular flexibility index (Phi) is 4.75. The minimum Gasteiger partial charge on any atom is -0.493 e.